The molecule has 0 amide bonds. The Labute approximate surface area is 118 Å². The summed E-state index contributed by atoms with van der Waals surface area (Å²) in [5.74, 6) is 0.124. The Bertz CT molecular complexity index is 605. The summed E-state index contributed by atoms with van der Waals surface area (Å²) in [5, 5.41) is 8.80. The third kappa shape index (κ3) is 3.20. The second-order valence-corrected chi connectivity index (χ2v) is 5.61. The van der Waals surface area contributed by atoms with E-state index < -0.39 is 5.97 Å². The largest absolute Gasteiger partial charge is 0.485 e. The summed E-state index contributed by atoms with van der Waals surface area (Å²) >= 11 is 0. The van der Waals surface area contributed by atoms with Crippen LogP contribution in [0.15, 0.2) is 40.8 Å². The number of furan rings is 1. The van der Waals surface area contributed by atoms with Gasteiger partial charge in [-0.25, -0.2) is 4.79 Å². The van der Waals surface area contributed by atoms with Crippen LogP contribution < -0.4 is 4.74 Å². The van der Waals surface area contributed by atoms with Crippen LogP contribution in [0.25, 0.3) is 0 Å². The Morgan fingerprint density at radius 3 is 2.50 bits per heavy atom. The molecule has 20 heavy (non-hydrogen) atoms. The molecule has 0 spiro atoms. The Morgan fingerprint density at radius 1 is 1.20 bits per heavy atom. The fourth-order valence-electron chi connectivity index (χ4n) is 1.93. The van der Waals surface area contributed by atoms with Gasteiger partial charge >= 0.3 is 5.97 Å². The first kappa shape index (κ1) is 14.2. The van der Waals surface area contributed by atoms with Gasteiger partial charge in [0.1, 0.15) is 18.1 Å². The van der Waals surface area contributed by atoms with Crippen molar-refractivity contribution in [2.45, 2.75) is 32.8 Å². The summed E-state index contributed by atoms with van der Waals surface area (Å²) in [6, 6.07) is 10.9. The lowest BCUT2D eigenvalue weighted by molar-refractivity contribution is 0.0658. The summed E-state index contributed by atoms with van der Waals surface area (Å²) in [6.07, 6.45) is 0. The van der Waals surface area contributed by atoms with E-state index in [1.165, 1.54) is 6.07 Å². The van der Waals surface area contributed by atoms with Crippen molar-refractivity contribution in [1.82, 2.24) is 0 Å². The fourth-order valence-corrected chi connectivity index (χ4v) is 1.93. The van der Waals surface area contributed by atoms with Crippen LogP contribution in [0, 0.1) is 0 Å². The predicted molar refractivity (Wildman–Crippen MR) is 75.1 cm³/mol. The summed E-state index contributed by atoms with van der Waals surface area (Å²) in [4.78, 5) is 10.7. The van der Waals surface area contributed by atoms with Gasteiger partial charge < -0.3 is 14.3 Å². The Hall–Kier alpha value is -2.23. The van der Waals surface area contributed by atoms with Crippen LogP contribution in [-0.4, -0.2) is 11.1 Å². The first-order valence-corrected chi connectivity index (χ1v) is 6.42. The molecular weight excluding hydrogens is 256 g/mol. The molecule has 2 aromatic rings. The van der Waals surface area contributed by atoms with Gasteiger partial charge in [0.15, 0.2) is 0 Å². The topological polar surface area (TPSA) is 59.7 Å². The third-order valence-corrected chi connectivity index (χ3v) is 2.94. The summed E-state index contributed by atoms with van der Waals surface area (Å²) < 4.78 is 10.9. The Morgan fingerprint density at radius 2 is 1.90 bits per heavy atom. The van der Waals surface area contributed by atoms with Gasteiger partial charge in [-0.15, -0.1) is 0 Å². The number of hydrogen-bond donors (Lipinski definition) is 1. The van der Waals surface area contributed by atoms with Gasteiger partial charge in [-0.2, -0.15) is 0 Å². The molecule has 0 fully saturated rings. The quantitative estimate of drug-likeness (QED) is 0.919. The zero-order valence-corrected chi connectivity index (χ0v) is 11.8. The van der Waals surface area contributed by atoms with Crippen molar-refractivity contribution in [2.24, 2.45) is 0 Å². The van der Waals surface area contributed by atoms with Gasteiger partial charge in [0.05, 0.1) is 0 Å². The minimum Gasteiger partial charge on any atom is -0.485 e. The number of aromatic carboxylic acids is 1. The molecular formula is C16H18O4. The number of ether oxygens (including phenoxy) is 1. The maximum Gasteiger partial charge on any atom is 0.371 e. The van der Waals surface area contributed by atoms with Crippen LogP contribution in [0.1, 0.15) is 42.6 Å². The number of rotatable bonds is 4. The average Bonchev–Trinajstić information content (AvgIpc) is 2.84. The van der Waals surface area contributed by atoms with E-state index in [9.17, 15) is 4.79 Å². The van der Waals surface area contributed by atoms with Crippen LogP contribution in [0.2, 0.25) is 0 Å². The normalized spacial score (nSPS) is 11.3. The molecule has 1 heterocycles. The zero-order chi connectivity index (χ0) is 14.8. The first-order valence-electron chi connectivity index (χ1n) is 6.42. The van der Waals surface area contributed by atoms with Crippen LogP contribution in [0.4, 0.5) is 0 Å². The lowest BCUT2D eigenvalue weighted by atomic mass is 9.86. The molecule has 0 aliphatic heterocycles. The molecule has 1 aromatic heterocycles. The number of benzene rings is 1. The summed E-state index contributed by atoms with van der Waals surface area (Å²) in [5.41, 5.74) is 1.08. The standard InChI is InChI=1S/C16H18O4/c1-16(2,3)12-6-4-5-7-13(12)19-10-11-8-9-14(20-11)15(17)18/h4-9H,10H2,1-3H3,(H,17,18). The van der Waals surface area contributed by atoms with E-state index in [4.69, 9.17) is 14.3 Å². The van der Waals surface area contributed by atoms with Crippen LogP contribution in [0.5, 0.6) is 5.75 Å². The van der Waals surface area contributed by atoms with E-state index in [-0.39, 0.29) is 17.8 Å². The van der Waals surface area contributed by atoms with Gasteiger partial charge in [0.25, 0.3) is 0 Å². The molecule has 0 bridgehead atoms. The second kappa shape index (κ2) is 5.41. The van der Waals surface area contributed by atoms with E-state index in [2.05, 4.69) is 20.8 Å². The molecule has 0 aliphatic rings. The van der Waals surface area contributed by atoms with Crippen molar-refractivity contribution >= 4 is 5.97 Å². The van der Waals surface area contributed by atoms with Gasteiger partial charge in [-0.1, -0.05) is 39.0 Å². The molecule has 0 saturated heterocycles. The lowest BCUT2D eigenvalue weighted by Crippen LogP contribution is -2.13. The van der Waals surface area contributed by atoms with Gasteiger partial charge in [-0.05, 0) is 29.2 Å². The van der Waals surface area contributed by atoms with Crippen molar-refractivity contribution in [1.29, 1.82) is 0 Å². The van der Waals surface area contributed by atoms with Crippen LogP contribution in [-0.2, 0) is 12.0 Å². The first-order chi connectivity index (χ1) is 9.38. The second-order valence-electron chi connectivity index (χ2n) is 5.61. The Balaban J connectivity index is 2.13. The number of carboxylic acids is 1. The number of para-hydroxylation sites is 1. The highest BCUT2D eigenvalue weighted by atomic mass is 16.5. The lowest BCUT2D eigenvalue weighted by Gasteiger charge is -2.22. The van der Waals surface area contributed by atoms with Crippen molar-refractivity contribution < 1.29 is 19.1 Å². The van der Waals surface area contributed by atoms with Gasteiger partial charge in [0.2, 0.25) is 5.76 Å². The zero-order valence-electron chi connectivity index (χ0n) is 11.8. The Kier molecular flexibility index (Phi) is 3.84. The predicted octanol–water partition coefficient (Wildman–Crippen LogP) is 3.85. The maximum atomic E-state index is 10.7. The molecule has 0 radical (unpaired) electrons. The average molecular weight is 274 g/mol. The van der Waals surface area contributed by atoms with E-state index in [0.717, 1.165) is 11.3 Å². The highest BCUT2D eigenvalue weighted by molar-refractivity contribution is 5.84. The van der Waals surface area contributed by atoms with Crippen molar-refractivity contribution in [3.63, 3.8) is 0 Å². The summed E-state index contributed by atoms with van der Waals surface area (Å²) in [7, 11) is 0. The third-order valence-electron chi connectivity index (χ3n) is 2.94. The highest BCUT2D eigenvalue weighted by Gasteiger charge is 2.18. The summed E-state index contributed by atoms with van der Waals surface area (Å²) in [6.45, 7) is 6.56. The van der Waals surface area contributed by atoms with E-state index >= 15 is 0 Å². The minimum atomic E-state index is -1.08. The van der Waals surface area contributed by atoms with Crippen LogP contribution >= 0.6 is 0 Å². The molecule has 0 atom stereocenters. The van der Waals surface area contributed by atoms with Crippen molar-refractivity contribution in [2.75, 3.05) is 0 Å². The molecule has 0 aliphatic carbocycles. The maximum absolute atomic E-state index is 10.7. The molecule has 0 saturated carbocycles. The minimum absolute atomic E-state index is 0.0218. The van der Waals surface area contributed by atoms with E-state index in [1.807, 2.05) is 24.3 Å². The van der Waals surface area contributed by atoms with E-state index in [0.29, 0.717) is 5.76 Å². The molecule has 106 valence electrons. The fraction of sp³-hybridized carbons (Fsp3) is 0.312. The molecule has 1 N–H and O–H groups in total. The number of hydrogen-bond acceptors (Lipinski definition) is 3. The highest BCUT2D eigenvalue weighted by Crippen LogP contribution is 2.31. The molecule has 4 nitrogen and oxygen atoms in total. The SMILES string of the molecule is CC(C)(C)c1ccccc1OCc1ccc(C(=O)O)o1. The monoisotopic (exact) mass is 274 g/mol. The number of carbonyl (C=O) groups is 1. The van der Waals surface area contributed by atoms with Crippen molar-refractivity contribution in [3.05, 3.63) is 53.5 Å². The van der Waals surface area contributed by atoms with Crippen LogP contribution in [0.3, 0.4) is 0 Å². The van der Waals surface area contributed by atoms with Crippen molar-refractivity contribution in [3.8, 4) is 5.75 Å². The molecule has 1 aromatic carbocycles. The molecule has 4 heteroatoms. The molecule has 2 rings (SSSR count). The smallest absolute Gasteiger partial charge is 0.371 e. The van der Waals surface area contributed by atoms with E-state index in [1.54, 1.807) is 6.07 Å². The van der Waals surface area contributed by atoms with Gasteiger partial charge in [-0.3, -0.25) is 0 Å². The molecule has 0 unspecified atom stereocenters. The van der Waals surface area contributed by atoms with Gasteiger partial charge in [0, 0.05) is 0 Å². The number of carboxylic acid groups (broad SMARTS) is 1.